The van der Waals surface area contributed by atoms with Crippen molar-refractivity contribution in [3.05, 3.63) is 65.4 Å². The Kier molecular flexibility index (Phi) is 4.54. The van der Waals surface area contributed by atoms with E-state index in [9.17, 15) is 9.59 Å². The number of fused-ring (bicyclic) bond motifs is 1. The summed E-state index contributed by atoms with van der Waals surface area (Å²) >= 11 is 0. The number of benzene rings is 2. The Morgan fingerprint density at radius 3 is 2.81 bits per heavy atom. The largest absolute Gasteiger partial charge is 0.361 e. The van der Waals surface area contributed by atoms with Crippen molar-refractivity contribution in [3.63, 3.8) is 0 Å². The molecular formula is C22H24N3O2+. The second kappa shape index (κ2) is 7.00. The molecule has 0 bridgehead atoms. The number of quaternary nitrogens is 1. The number of carbonyl (C=O) groups excluding carboxylic acids is 2. The lowest BCUT2D eigenvalue weighted by molar-refractivity contribution is -0.674. The molecular weight excluding hydrogens is 338 g/mol. The molecule has 2 aromatic carbocycles. The molecule has 1 atom stereocenters. The molecule has 0 saturated carbocycles. The number of carbonyl (C=O) groups is 2. The van der Waals surface area contributed by atoms with Crippen molar-refractivity contribution in [1.29, 1.82) is 0 Å². The molecule has 0 unspecified atom stereocenters. The number of nitrogens with two attached hydrogens (primary N) is 1. The van der Waals surface area contributed by atoms with Crippen molar-refractivity contribution in [1.82, 2.24) is 4.98 Å². The van der Waals surface area contributed by atoms with E-state index in [0.29, 0.717) is 0 Å². The molecule has 1 aliphatic heterocycles. The number of H-pyrrole nitrogens is 1. The van der Waals surface area contributed by atoms with Crippen molar-refractivity contribution >= 4 is 28.4 Å². The molecule has 0 aliphatic carbocycles. The van der Waals surface area contributed by atoms with Crippen LogP contribution in [0.2, 0.25) is 0 Å². The minimum absolute atomic E-state index is 0.104. The van der Waals surface area contributed by atoms with Crippen LogP contribution in [0.25, 0.3) is 10.9 Å². The summed E-state index contributed by atoms with van der Waals surface area (Å²) in [5.74, 6) is -0.213. The fourth-order valence-corrected chi connectivity index (χ4v) is 3.83. The number of nitrogens with one attached hydrogen (secondary N) is 1. The summed E-state index contributed by atoms with van der Waals surface area (Å²) in [6.45, 7) is 4.67. The van der Waals surface area contributed by atoms with Gasteiger partial charge in [-0.05, 0) is 42.7 Å². The molecule has 2 amide bonds. The number of hydrogen-bond acceptors (Lipinski definition) is 2. The number of aromatic nitrogens is 1. The number of para-hydroxylation sites is 1. The quantitative estimate of drug-likeness (QED) is 0.684. The van der Waals surface area contributed by atoms with E-state index in [2.05, 4.69) is 17.1 Å². The first kappa shape index (κ1) is 17.5. The van der Waals surface area contributed by atoms with E-state index in [1.165, 1.54) is 15.8 Å². The predicted octanol–water partition coefficient (Wildman–Crippen LogP) is 2.22. The summed E-state index contributed by atoms with van der Waals surface area (Å²) in [5, 5.41) is 3.23. The van der Waals surface area contributed by atoms with E-state index in [4.69, 9.17) is 0 Å². The van der Waals surface area contributed by atoms with Gasteiger partial charge in [0.2, 0.25) is 5.91 Å². The topological polar surface area (TPSA) is 69.8 Å². The van der Waals surface area contributed by atoms with E-state index in [1.807, 2.05) is 55.7 Å². The SMILES string of the molecule is Cc1ccc(C)c(N2C(=O)C[C@@H]([NH2+]CCc3c[nH]c4ccccc34)C2=O)c1. The molecule has 5 heteroatoms. The zero-order valence-corrected chi connectivity index (χ0v) is 15.7. The maximum Gasteiger partial charge on any atom is 0.292 e. The first-order chi connectivity index (χ1) is 13.0. The second-order valence-electron chi connectivity index (χ2n) is 7.30. The summed E-state index contributed by atoms with van der Waals surface area (Å²) < 4.78 is 0. The van der Waals surface area contributed by atoms with Crippen LogP contribution in [0.15, 0.2) is 48.7 Å². The van der Waals surface area contributed by atoms with Gasteiger partial charge in [-0.2, -0.15) is 0 Å². The van der Waals surface area contributed by atoms with Crippen LogP contribution >= 0.6 is 0 Å². The van der Waals surface area contributed by atoms with Gasteiger partial charge in [0.05, 0.1) is 18.7 Å². The van der Waals surface area contributed by atoms with Gasteiger partial charge in [0, 0.05) is 23.5 Å². The number of nitrogens with zero attached hydrogens (tertiary/aromatic N) is 1. The number of aromatic amines is 1. The molecule has 138 valence electrons. The lowest BCUT2D eigenvalue weighted by Crippen LogP contribution is -2.92. The highest BCUT2D eigenvalue weighted by Gasteiger charge is 2.42. The van der Waals surface area contributed by atoms with Gasteiger partial charge in [0.1, 0.15) is 0 Å². The third-order valence-corrected chi connectivity index (χ3v) is 5.33. The Morgan fingerprint density at radius 2 is 1.96 bits per heavy atom. The summed E-state index contributed by atoms with van der Waals surface area (Å²) in [6, 6.07) is 13.7. The van der Waals surface area contributed by atoms with Gasteiger partial charge in [0.15, 0.2) is 6.04 Å². The van der Waals surface area contributed by atoms with E-state index in [1.54, 1.807) is 0 Å². The molecule has 27 heavy (non-hydrogen) atoms. The first-order valence-electron chi connectivity index (χ1n) is 9.37. The maximum atomic E-state index is 12.9. The van der Waals surface area contributed by atoms with E-state index >= 15 is 0 Å². The summed E-state index contributed by atoms with van der Waals surface area (Å²) in [4.78, 5) is 30.0. The number of amides is 2. The Labute approximate surface area is 158 Å². The summed E-state index contributed by atoms with van der Waals surface area (Å²) in [6.07, 6.45) is 3.15. The second-order valence-corrected chi connectivity index (χ2v) is 7.30. The van der Waals surface area contributed by atoms with Gasteiger partial charge >= 0.3 is 0 Å². The number of rotatable bonds is 5. The van der Waals surface area contributed by atoms with Crippen molar-refractivity contribution < 1.29 is 14.9 Å². The van der Waals surface area contributed by atoms with Crippen molar-refractivity contribution in [2.45, 2.75) is 32.7 Å². The molecule has 2 heterocycles. The normalized spacial score (nSPS) is 17.3. The Balaban J connectivity index is 1.44. The maximum absolute atomic E-state index is 12.9. The number of anilines is 1. The number of aryl methyl sites for hydroxylation is 2. The van der Waals surface area contributed by atoms with Crippen LogP contribution in [-0.4, -0.2) is 29.4 Å². The smallest absolute Gasteiger partial charge is 0.292 e. The fourth-order valence-electron chi connectivity index (χ4n) is 3.83. The highest BCUT2D eigenvalue weighted by Crippen LogP contribution is 2.26. The van der Waals surface area contributed by atoms with E-state index < -0.39 is 0 Å². The molecule has 3 N–H and O–H groups in total. The van der Waals surface area contributed by atoms with Crippen molar-refractivity contribution in [3.8, 4) is 0 Å². The van der Waals surface area contributed by atoms with Crippen LogP contribution in [0, 0.1) is 13.8 Å². The van der Waals surface area contributed by atoms with Gasteiger partial charge in [-0.25, -0.2) is 4.90 Å². The average molecular weight is 362 g/mol. The third kappa shape index (κ3) is 3.26. The van der Waals surface area contributed by atoms with Crippen LogP contribution in [0.5, 0.6) is 0 Å². The zero-order chi connectivity index (χ0) is 19.0. The Morgan fingerprint density at radius 1 is 1.15 bits per heavy atom. The average Bonchev–Trinajstić information content (AvgIpc) is 3.19. The highest BCUT2D eigenvalue weighted by molar-refractivity contribution is 6.22. The van der Waals surface area contributed by atoms with Gasteiger partial charge in [-0.1, -0.05) is 30.3 Å². The van der Waals surface area contributed by atoms with Crippen molar-refractivity contribution in [2.75, 3.05) is 11.4 Å². The molecule has 4 rings (SSSR count). The monoisotopic (exact) mass is 362 g/mol. The third-order valence-electron chi connectivity index (χ3n) is 5.33. The first-order valence-corrected chi connectivity index (χ1v) is 9.37. The van der Waals surface area contributed by atoms with Gasteiger partial charge < -0.3 is 10.3 Å². The minimum atomic E-state index is -0.331. The minimum Gasteiger partial charge on any atom is -0.361 e. The van der Waals surface area contributed by atoms with Crippen LogP contribution in [0.3, 0.4) is 0 Å². The molecule has 1 fully saturated rings. The number of hydrogen-bond donors (Lipinski definition) is 2. The van der Waals surface area contributed by atoms with E-state index in [0.717, 1.165) is 35.3 Å². The predicted molar refractivity (Wildman–Crippen MR) is 106 cm³/mol. The lowest BCUT2D eigenvalue weighted by atomic mass is 10.1. The van der Waals surface area contributed by atoms with Crippen LogP contribution < -0.4 is 10.2 Å². The Hall–Kier alpha value is -2.92. The van der Waals surface area contributed by atoms with Crippen LogP contribution in [-0.2, 0) is 16.0 Å². The van der Waals surface area contributed by atoms with Gasteiger partial charge in [-0.3, -0.25) is 9.59 Å². The molecule has 1 aromatic heterocycles. The molecule has 3 aromatic rings. The Bertz CT molecular complexity index is 1020. The van der Waals surface area contributed by atoms with Gasteiger partial charge in [0.25, 0.3) is 5.91 Å². The molecule has 0 spiro atoms. The van der Waals surface area contributed by atoms with E-state index in [-0.39, 0.29) is 24.3 Å². The van der Waals surface area contributed by atoms with Gasteiger partial charge in [-0.15, -0.1) is 0 Å². The van der Waals surface area contributed by atoms with Crippen molar-refractivity contribution in [2.24, 2.45) is 0 Å². The summed E-state index contributed by atoms with van der Waals surface area (Å²) in [7, 11) is 0. The molecule has 5 nitrogen and oxygen atoms in total. The highest BCUT2D eigenvalue weighted by atomic mass is 16.2. The summed E-state index contributed by atoms with van der Waals surface area (Å²) in [5.41, 5.74) is 5.08. The standard InChI is InChI=1S/C22H23N3O2/c1-14-7-8-15(2)20(11-14)25-21(26)12-19(22(25)27)23-10-9-16-13-24-18-6-4-3-5-17(16)18/h3-8,11,13,19,23-24H,9-10,12H2,1-2H3/p+1/t19-/m1/s1. The molecule has 1 saturated heterocycles. The zero-order valence-electron chi connectivity index (χ0n) is 15.7. The lowest BCUT2D eigenvalue weighted by Gasteiger charge is -2.17. The molecule has 0 radical (unpaired) electrons. The van der Waals surface area contributed by atoms with Crippen LogP contribution in [0.1, 0.15) is 23.1 Å². The molecule has 1 aliphatic rings. The number of imide groups is 1. The fraction of sp³-hybridized carbons (Fsp3) is 0.273. The van der Waals surface area contributed by atoms with Crippen LogP contribution in [0.4, 0.5) is 5.69 Å².